The van der Waals surface area contributed by atoms with Gasteiger partial charge >= 0.3 is 0 Å². The highest BCUT2D eigenvalue weighted by Gasteiger charge is 2.33. The van der Waals surface area contributed by atoms with Crippen molar-refractivity contribution in [2.75, 3.05) is 4.90 Å². The first-order valence-corrected chi connectivity index (χ1v) is 9.43. The van der Waals surface area contributed by atoms with E-state index < -0.39 is 0 Å². The summed E-state index contributed by atoms with van der Waals surface area (Å²) < 4.78 is 0.575. The molecule has 0 N–H and O–H groups in total. The molecule has 0 atom stereocenters. The molecule has 2 aromatic rings. The predicted octanol–water partition coefficient (Wildman–Crippen LogP) is 5.70. The SMILES string of the molecule is Cc1ccc(N2C(=O)C(=Cc3ccc(C(C)(C)C)cc3)SC2=S)cc1. The lowest BCUT2D eigenvalue weighted by Gasteiger charge is -2.18. The monoisotopic (exact) mass is 367 g/mol. The zero-order valence-corrected chi connectivity index (χ0v) is 16.5. The van der Waals surface area contributed by atoms with E-state index in [9.17, 15) is 4.79 Å². The Morgan fingerprint density at radius 2 is 1.60 bits per heavy atom. The highest BCUT2D eigenvalue weighted by molar-refractivity contribution is 8.27. The van der Waals surface area contributed by atoms with Crippen LogP contribution >= 0.6 is 24.0 Å². The van der Waals surface area contributed by atoms with E-state index in [4.69, 9.17) is 12.2 Å². The molecule has 3 rings (SSSR count). The van der Waals surface area contributed by atoms with E-state index in [1.807, 2.05) is 37.3 Å². The first-order chi connectivity index (χ1) is 11.8. The summed E-state index contributed by atoms with van der Waals surface area (Å²) >= 11 is 6.78. The third-order valence-corrected chi connectivity index (χ3v) is 5.46. The van der Waals surface area contributed by atoms with Crippen LogP contribution in [0, 0.1) is 6.92 Å². The van der Waals surface area contributed by atoms with Gasteiger partial charge in [-0.05, 0) is 41.7 Å². The van der Waals surface area contributed by atoms with Gasteiger partial charge in [0.1, 0.15) is 0 Å². The number of amides is 1. The number of thiocarbonyl (C=S) groups is 1. The fourth-order valence-electron chi connectivity index (χ4n) is 2.61. The topological polar surface area (TPSA) is 20.3 Å². The number of hydrogen-bond donors (Lipinski definition) is 0. The van der Waals surface area contributed by atoms with Crippen LogP contribution < -0.4 is 4.90 Å². The van der Waals surface area contributed by atoms with Gasteiger partial charge in [-0.15, -0.1) is 0 Å². The molecular formula is C21H21NOS2. The Bertz CT molecular complexity index is 843. The number of thioether (sulfide) groups is 1. The van der Waals surface area contributed by atoms with Crippen molar-refractivity contribution in [1.82, 2.24) is 0 Å². The van der Waals surface area contributed by atoms with Crippen LogP contribution in [-0.2, 0) is 10.2 Å². The van der Waals surface area contributed by atoms with Crippen LogP contribution in [0.3, 0.4) is 0 Å². The fraction of sp³-hybridized carbons (Fsp3) is 0.238. The minimum absolute atomic E-state index is 0.0567. The van der Waals surface area contributed by atoms with E-state index in [-0.39, 0.29) is 11.3 Å². The molecule has 0 spiro atoms. The molecule has 25 heavy (non-hydrogen) atoms. The van der Waals surface area contributed by atoms with Gasteiger partial charge in [0, 0.05) is 0 Å². The maximum Gasteiger partial charge on any atom is 0.270 e. The van der Waals surface area contributed by atoms with Crippen molar-refractivity contribution in [3.05, 3.63) is 70.1 Å². The minimum Gasteiger partial charge on any atom is -0.268 e. The van der Waals surface area contributed by atoms with E-state index in [2.05, 4.69) is 45.0 Å². The molecule has 4 heteroatoms. The number of benzene rings is 2. The van der Waals surface area contributed by atoms with Gasteiger partial charge in [-0.25, -0.2) is 0 Å². The van der Waals surface area contributed by atoms with Gasteiger partial charge < -0.3 is 0 Å². The van der Waals surface area contributed by atoms with Gasteiger partial charge in [-0.3, -0.25) is 9.69 Å². The maximum atomic E-state index is 12.8. The second-order valence-corrected chi connectivity index (χ2v) is 8.90. The fourth-order valence-corrected chi connectivity index (χ4v) is 3.91. The molecule has 2 aromatic carbocycles. The highest BCUT2D eigenvalue weighted by Crippen LogP contribution is 2.36. The number of hydrogen-bond acceptors (Lipinski definition) is 3. The molecule has 1 aliphatic heterocycles. The Morgan fingerprint density at radius 1 is 1.00 bits per heavy atom. The number of nitrogens with zero attached hydrogens (tertiary/aromatic N) is 1. The maximum absolute atomic E-state index is 12.8. The van der Waals surface area contributed by atoms with Crippen molar-refractivity contribution >= 4 is 46.0 Å². The molecule has 1 heterocycles. The van der Waals surface area contributed by atoms with E-state index in [0.717, 1.165) is 16.8 Å². The van der Waals surface area contributed by atoms with Crippen molar-refractivity contribution in [2.24, 2.45) is 0 Å². The van der Waals surface area contributed by atoms with Crippen molar-refractivity contribution < 1.29 is 4.79 Å². The smallest absolute Gasteiger partial charge is 0.268 e. The van der Waals surface area contributed by atoms with Gasteiger partial charge in [-0.1, -0.05) is 86.7 Å². The van der Waals surface area contributed by atoms with Gasteiger partial charge in [0.2, 0.25) is 0 Å². The molecular weight excluding hydrogens is 346 g/mol. The van der Waals surface area contributed by atoms with Crippen molar-refractivity contribution in [3.63, 3.8) is 0 Å². The second-order valence-electron chi connectivity index (χ2n) is 7.22. The molecule has 2 nitrogen and oxygen atoms in total. The molecule has 0 aliphatic carbocycles. The van der Waals surface area contributed by atoms with Crippen LogP contribution in [0.15, 0.2) is 53.4 Å². The minimum atomic E-state index is -0.0567. The number of rotatable bonds is 2. The quantitative estimate of drug-likeness (QED) is 0.502. The summed E-state index contributed by atoms with van der Waals surface area (Å²) in [7, 11) is 0. The van der Waals surface area contributed by atoms with E-state index in [0.29, 0.717) is 9.23 Å². The van der Waals surface area contributed by atoms with Gasteiger partial charge in [0.15, 0.2) is 4.32 Å². The van der Waals surface area contributed by atoms with Crippen LogP contribution in [0.2, 0.25) is 0 Å². The van der Waals surface area contributed by atoms with Crippen molar-refractivity contribution in [2.45, 2.75) is 33.1 Å². The third kappa shape index (κ3) is 3.86. The summed E-state index contributed by atoms with van der Waals surface area (Å²) in [6.45, 7) is 8.59. The molecule has 0 aromatic heterocycles. The lowest BCUT2D eigenvalue weighted by Crippen LogP contribution is -2.27. The third-order valence-electron chi connectivity index (χ3n) is 4.16. The Balaban J connectivity index is 1.86. The number of carbonyl (C=O) groups is 1. The summed E-state index contributed by atoms with van der Waals surface area (Å²) in [5.74, 6) is -0.0567. The highest BCUT2D eigenvalue weighted by atomic mass is 32.2. The summed E-state index contributed by atoms with van der Waals surface area (Å²) in [4.78, 5) is 15.0. The van der Waals surface area contributed by atoms with Crippen LogP contribution in [0.1, 0.15) is 37.5 Å². The molecule has 1 fully saturated rings. The standard InChI is InChI=1S/C21H21NOS2/c1-14-5-11-17(12-6-14)22-19(23)18(25-20(22)24)13-15-7-9-16(10-8-15)21(2,3)4/h5-13H,1-4H3. The second kappa shape index (κ2) is 6.77. The van der Waals surface area contributed by atoms with Crippen LogP contribution in [0.5, 0.6) is 0 Å². The Morgan fingerprint density at radius 3 is 2.16 bits per heavy atom. The molecule has 1 saturated heterocycles. The van der Waals surface area contributed by atoms with E-state index in [1.54, 1.807) is 4.90 Å². The first kappa shape index (κ1) is 17.9. The molecule has 1 aliphatic rings. The van der Waals surface area contributed by atoms with Crippen LogP contribution in [0.4, 0.5) is 5.69 Å². The first-order valence-electron chi connectivity index (χ1n) is 8.21. The van der Waals surface area contributed by atoms with Gasteiger partial charge in [0.05, 0.1) is 10.6 Å². The molecule has 128 valence electrons. The Labute approximate surface area is 158 Å². The largest absolute Gasteiger partial charge is 0.270 e. The van der Waals surface area contributed by atoms with Gasteiger partial charge in [0.25, 0.3) is 5.91 Å². The Hall–Kier alpha value is -1.91. The number of anilines is 1. The van der Waals surface area contributed by atoms with E-state index >= 15 is 0 Å². The van der Waals surface area contributed by atoms with Crippen molar-refractivity contribution in [3.8, 4) is 0 Å². The zero-order valence-electron chi connectivity index (χ0n) is 14.9. The summed E-state index contributed by atoms with van der Waals surface area (Å²) in [6.07, 6.45) is 1.92. The normalized spacial score (nSPS) is 16.8. The molecule has 0 bridgehead atoms. The average Bonchev–Trinajstić information content (AvgIpc) is 2.82. The lowest BCUT2D eigenvalue weighted by molar-refractivity contribution is -0.113. The van der Waals surface area contributed by atoms with Crippen LogP contribution in [0.25, 0.3) is 6.08 Å². The number of aryl methyl sites for hydroxylation is 1. The number of carbonyl (C=O) groups excluding carboxylic acids is 1. The molecule has 0 saturated carbocycles. The summed E-state index contributed by atoms with van der Waals surface area (Å²) in [5.41, 5.74) is 4.38. The average molecular weight is 368 g/mol. The zero-order chi connectivity index (χ0) is 18.2. The van der Waals surface area contributed by atoms with Crippen LogP contribution in [-0.4, -0.2) is 10.2 Å². The molecule has 1 amide bonds. The lowest BCUT2D eigenvalue weighted by atomic mass is 9.87. The Kier molecular flexibility index (Phi) is 4.85. The molecule has 0 unspecified atom stereocenters. The van der Waals surface area contributed by atoms with E-state index in [1.165, 1.54) is 17.3 Å². The summed E-state index contributed by atoms with van der Waals surface area (Å²) in [6, 6.07) is 16.2. The summed E-state index contributed by atoms with van der Waals surface area (Å²) in [5, 5.41) is 0. The molecule has 0 radical (unpaired) electrons. The van der Waals surface area contributed by atoms with Gasteiger partial charge in [-0.2, -0.15) is 0 Å². The van der Waals surface area contributed by atoms with Crippen molar-refractivity contribution in [1.29, 1.82) is 0 Å². The predicted molar refractivity (Wildman–Crippen MR) is 112 cm³/mol.